The molecule has 0 radical (unpaired) electrons. The van der Waals surface area contributed by atoms with Gasteiger partial charge in [-0.3, -0.25) is 4.90 Å². The number of nitrogens with two attached hydrogens (primary N) is 1. The van der Waals surface area contributed by atoms with E-state index in [0.717, 1.165) is 12.5 Å². The second-order valence-electron chi connectivity index (χ2n) is 8.02. The molecule has 1 unspecified atom stereocenters. The summed E-state index contributed by atoms with van der Waals surface area (Å²) in [6.07, 6.45) is 8.06. The van der Waals surface area contributed by atoms with E-state index in [1.807, 2.05) is 0 Å². The van der Waals surface area contributed by atoms with Crippen molar-refractivity contribution in [3.63, 3.8) is 0 Å². The van der Waals surface area contributed by atoms with Gasteiger partial charge in [-0.05, 0) is 64.2 Å². The van der Waals surface area contributed by atoms with Crippen molar-refractivity contribution in [2.75, 3.05) is 40.3 Å². The number of nitrogens with zero attached hydrogens (tertiary/aromatic N) is 2. The summed E-state index contributed by atoms with van der Waals surface area (Å²) in [6, 6.07) is 0. The highest BCUT2D eigenvalue weighted by Gasteiger charge is 2.49. The lowest BCUT2D eigenvalue weighted by Crippen LogP contribution is -2.65. The maximum atomic E-state index is 6.31. The molecule has 118 valence electrons. The second-order valence-corrected chi connectivity index (χ2v) is 8.02. The van der Waals surface area contributed by atoms with Crippen LogP contribution < -0.4 is 5.73 Å². The molecule has 1 saturated carbocycles. The zero-order valence-corrected chi connectivity index (χ0v) is 14.1. The van der Waals surface area contributed by atoms with Gasteiger partial charge in [-0.25, -0.2) is 0 Å². The first-order valence-electron chi connectivity index (χ1n) is 8.51. The van der Waals surface area contributed by atoms with Crippen LogP contribution in [0.15, 0.2) is 0 Å². The maximum absolute atomic E-state index is 6.31. The van der Waals surface area contributed by atoms with Crippen LogP contribution in [0.25, 0.3) is 0 Å². The van der Waals surface area contributed by atoms with Crippen LogP contribution in [0.1, 0.15) is 52.4 Å². The van der Waals surface area contributed by atoms with Crippen molar-refractivity contribution >= 4 is 0 Å². The van der Waals surface area contributed by atoms with Crippen molar-refractivity contribution < 1.29 is 0 Å². The average Bonchev–Trinajstić information content (AvgIpc) is 2.39. The van der Waals surface area contributed by atoms with Gasteiger partial charge in [0.1, 0.15) is 0 Å². The van der Waals surface area contributed by atoms with Gasteiger partial charge in [0.15, 0.2) is 0 Å². The summed E-state index contributed by atoms with van der Waals surface area (Å²) in [4.78, 5) is 5.10. The van der Waals surface area contributed by atoms with Crippen molar-refractivity contribution in [2.45, 2.75) is 57.9 Å². The third-order valence-corrected chi connectivity index (χ3v) is 6.08. The molecule has 2 N–H and O–H groups in total. The summed E-state index contributed by atoms with van der Waals surface area (Å²) in [6.45, 7) is 9.47. The molecule has 0 bridgehead atoms. The fraction of sp³-hybridized carbons (Fsp3) is 1.00. The quantitative estimate of drug-likeness (QED) is 0.859. The van der Waals surface area contributed by atoms with Gasteiger partial charge in [0, 0.05) is 18.6 Å². The molecular weight excluding hydrogens is 246 g/mol. The van der Waals surface area contributed by atoms with E-state index in [0.29, 0.717) is 5.41 Å². The van der Waals surface area contributed by atoms with Crippen LogP contribution in [0.2, 0.25) is 0 Å². The molecule has 0 spiro atoms. The normalized spacial score (nSPS) is 32.7. The fourth-order valence-electron chi connectivity index (χ4n) is 4.71. The predicted octanol–water partition coefficient (Wildman–Crippen LogP) is 2.56. The minimum atomic E-state index is 0.258. The van der Waals surface area contributed by atoms with Gasteiger partial charge in [-0.15, -0.1) is 0 Å². The van der Waals surface area contributed by atoms with E-state index >= 15 is 0 Å². The molecule has 1 saturated heterocycles. The highest BCUT2D eigenvalue weighted by molar-refractivity contribution is 5.05. The molecule has 1 atom stereocenters. The first-order chi connectivity index (χ1) is 9.41. The summed E-state index contributed by atoms with van der Waals surface area (Å²) in [5.41, 5.74) is 6.94. The summed E-state index contributed by atoms with van der Waals surface area (Å²) in [5, 5.41) is 0. The first kappa shape index (κ1) is 16.3. The Hall–Kier alpha value is -0.120. The summed E-state index contributed by atoms with van der Waals surface area (Å²) in [5.74, 6) is 0.878. The molecule has 1 aliphatic carbocycles. The molecule has 0 aromatic heterocycles. The van der Waals surface area contributed by atoms with Crippen LogP contribution in [0.5, 0.6) is 0 Å². The zero-order valence-electron chi connectivity index (χ0n) is 14.1. The van der Waals surface area contributed by atoms with Gasteiger partial charge in [0.2, 0.25) is 0 Å². The third kappa shape index (κ3) is 3.05. The Morgan fingerprint density at radius 2 is 1.70 bits per heavy atom. The first-order valence-corrected chi connectivity index (χ1v) is 8.51. The van der Waals surface area contributed by atoms with Crippen molar-refractivity contribution in [1.29, 1.82) is 0 Å². The summed E-state index contributed by atoms with van der Waals surface area (Å²) in [7, 11) is 4.38. The molecule has 2 rings (SSSR count). The van der Waals surface area contributed by atoms with Crippen LogP contribution in [0.4, 0.5) is 0 Å². The lowest BCUT2D eigenvalue weighted by Gasteiger charge is -2.57. The SMILES string of the molecule is CN(C)CC1CCN(C2(CN)CCCCC2(C)C)CC1. The topological polar surface area (TPSA) is 32.5 Å². The highest BCUT2D eigenvalue weighted by atomic mass is 15.2. The Balaban J connectivity index is 2.03. The monoisotopic (exact) mass is 281 g/mol. The van der Waals surface area contributed by atoms with Gasteiger partial charge in [-0.1, -0.05) is 26.7 Å². The van der Waals surface area contributed by atoms with E-state index in [1.54, 1.807) is 0 Å². The Bertz CT molecular complexity index is 305. The fourth-order valence-corrected chi connectivity index (χ4v) is 4.71. The third-order valence-electron chi connectivity index (χ3n) is 6.08. The molecule has 2 aliphatic rings. The van der Waals surface area contributed by atoms with Crippen LogP contribution in [0.3, 0.4) is 0 Å². The molecular formula is C17H35N3. The molecule has 0 amide bonds. The number of rotatable bonds is 4. The smallest absolute Gasteiger partial charge is 0.0382 e. The van der Waals surface area contributed by atoms with Crippen LogP contribution >= 0.6 is 0 Å². The van der Waals surface area contributed by atoms with E-state index in [1.165, 1.54) is 58.2 Å². The predicted molar refractivity (Wildman–Crippen MR) is 86.9 cm³/mol. The largest absolute Gasteiger partial charge is 0.329 e. The Kier molecular flexibility index (Phi) is 5.14. The lowest BCUT2D eigenvalue weighted by atomic mass is 9.61. The Labute approximate surface area is 125 Å². The summed E-state index contributed by atoms with van der Waals surface area (Å²) < 4.78 is 0. The lowest BCUT2D eigenvalue weighted by molar-refractivity contribution is -0.0605. The number of hydrogen-bond donors (Lipinski definition) is 1. The second kappa shape index (κ2) is 6.33. The van der Waals surface area contributed by atoms with Gasteiger partial charge in [0.25, 0.3) is 0 Å². The van der Waals surface area contributed by atoms with Crippen LogP contribution in [-0.2, 0) is 0 Å². The minimum absolute atomic E-state index is 0.258. The standard InChI is InChI=1S/C17H35N3/c1-16(2)9-5-6-10-17(16,14-18)20-11-7-15(8-12-20)13-19(3)4/h15H,5-14,18H2,1-4H3. The van der Waals surface area contributed by atoms with Gasteiger partial charge in [0.05, 0.1) is 0 Å². The Morgan fingerprint density at radius 3 is 2.20 bits per heavy atom. The van der Waals surface area contributed by atoms with E-state index in [-0.39, 0.29) is 5.54 Å². The van der Waals surface area contributed by atoms with E-state index in [2.05, 4.69) is 37.7 Å². The number of piperidine rings is 1. The molecule has 0 aromatic rings. The molecule has 0 aromatic carbocycles. The summed E-state index contributed by atoms with van der Waals surface area (Å²) >= 11 is 0. The van der Waals surface area contributed by atoms with E-state index in [4.69, 9.17) is 5.73 Å². The van der Waals surface area contributed by atoms with E-state index < -0.39 is 0 Å². The number of likely N-dealkylation sites (tertiary alicyclic amines) is 1. The maximum Gasteiger partial charge on any atom is 0.0382 e. The van der Waals surface area contributed by atoms with Crippen LogP contribution in [0, 0.1) is 11.3 Å². The molecule has 3 nitrogen and oxygen atoms in total. The molecule has 1 heterocycles. The van der Waals surface area contributed by atoms with Crippen LogP contribution in [-0.4, -0.2) is 55.6 Å². The molecule has 1 aliphatic heterocycles. The van der Waals surface area contributed by atoms with Gasteiger partial charge in [-0.2, -0.15) is 0 Å². The van der Waals surface area contributed by atoms with Crippen molar-refractivity contribution in [3.05, 3.63) is 0 Å². The van der Waals surface area contributed by atoms with Gasteiger partial charge < -0.3 is 10.6 Å². The molecule has 3 heteroatoms. The Morgan fingerprint density at radius 1 is 1.10 bits per heavy atom. The van der Waals surface area contributed by atoms with Crippen molar-refractivity contribution in [1.82, 2.24) is 9.80 Å². The van der Waals surface area contributed by atoms with Crippen molar-refractivity contribution in [2.24, 2.45) is 17.1 Å². The average molecular weight is 281 g/mol. The minimum Gasteiger partial charge on any atom is -0.329 e. The molecule has 2 fully saturated rings. The number of hydrogen-bond acceptors (Lipinski definition) is 3. The van der Waals surface area contributed by atoms with Crippen molar-refractivity contribution in [3.8, 4) is 0 Å². The molecule has 20 heavy (non-hydrogen) atoms. The highest BCUT2D eigenvalue weighted by Crippen LogP contribution is 2.48. The van der Waals surface area contributed by atoms with Gasteiger partial charge >= 0.3 is 0 Å². The van der Waals surface area contributed by atoms with E-state index in [9.17, 15) is 0 Å². The zero-order chi connectivity index (χ0) is 14.8.